The van der Waals surface area contributed by atoms with E-state index in [4.69, 9.17) is 0 Å². The maximum Gasteiger partial charge on any atom is 0.193 e. The molecule has 0 radical (unpaired) electrons. The number of nitrogens with zero attached hydrogens (tertiary/aromatic N) is 3. The zero-order chi connectivity index (χ0) is 17.5. The summed E-state index contributed by atoms with van der Waals surface area (Å²) in [5.41, 5.74) is 0.516. The molecule has 1 N–H and O–H groups in total. The van der Waals surface area contributed by atoms with E-state index in [2.05, 4.69) is 34.0 Å². The van der Waals surface area contributed by atoms with E-state index in [1.807, 2.05) is 0 Å². The third kappa shape index (κ3) is 4.66. The minimum absolute atomic E-state index is 0.491. The molecule has 0 spiro atoms. The van der Waals surface area contributed by atoms with Gasteiger partial charge in [-0.25, -0.2) is 8.78 Å². The van der Waals surface area contributed by atoms with E-state index in [1.54, 1.807) is 7.05 Å². The number of nitrogens with one attached hydrogen (secondary N) is 1. The van der Waals surface area contributed by atoms with Crippen LogP contribution >= 0.6 is 0 Å². The van der Waals surface area contributed by atoms with Gasteiger partial charge in [0.15, 0.2) is 5.96 Å². The number of guanidine groups is 1. The first-order valence-electron chi connectivity index (χ1n) is 8.72. The lowest BCUT2D eigenvalue weighted by atomic mass is 10.1. The number of hydrogen-bond donors (Lipinski definition) is 1. The lowest BCUT2D eigenvalue weighted by Crippen LogP contribution is -2.43. The first-order chi connectivity index (χ1) is 11.6. The standard InChI is InChI=1S/C18H28F2N4/c1-4-23(5-2)16-9-11-24(13-16)18(21-3)22-10-8-14-6-7-15(19)12-17(14)20/h6-7,12,16H,4-5,8-11,13H2,1-3H3,(H,21,22). The molecule has 1 aromatic carbocycles. The van der Waals surface area contributed by atoms with Crippen LogP contribution in [-0.2, 0) is 6.42 Å². The van der Waals surface area contributed by atoms with E-state index in [9.17, 15) is 8.78 Å². The van der Waals surface area contributed by atoms with Crippen molar-refractivity contribution >= 4 is 5.96 Å². The van der Waals surface area contributed by atoms with Gasteiger partial charge < -0.3 is 10.2 Å². The molecule has 6 heteroatoms. The summed E-state index contributed by atoms with van der Waals surface area (Å²) in [6, 6.07) is 4.29. The van der Waals surface area contributed by atoms with Crippen LogP contribution < -0.4 is 5.32 Å². The molecular formula is C18H28F2N4. The highest BCUT2D eigenvalue weighted by Gasteiger charge is 2.27. The highest BCUT2D eigenvalue weighted by molar-refractivity contribution is 5.80. The molecule has 1 heterocycles. The fourth-order valence-corrected chi connectivity index (χ4v) is 3.34. The van der Waals surface area contributed by atoms with Crippen LogP contribution in [0.25, 0.3) is 0 Å². The average Bonchev–Trinajstić information content (AvgIpc) is 3.04. The maximum absolute atomic E-state index is 13.7. The Kier molecular flexibility index (Phi) is 6.97. The minimum Gasteiger partial charge on any atom is -0.356 e. The van der Waals surface area contributed by atoms with Gasteiger partial charge in [0.2, 0.25) is 0 Å². The summed E-state index contributed by atoms with van der Waals surface area (Å²) >= 11 is 0. The first kappa shape index (κ1) is 18.6. The van der Waals surface area contributed by atoms with Crippen LogP contribution in [-0.4, -0.2) is 61.6 Å². The fourth-order valence-electron chi connectivity index (χ4n) is 3.34. The summed E-state index contributed by atoms with van der Waals surface area (Å²) in [7, 11) is 1.77. The molecule has 4 nitrogen and oxygen atoms in total. The van der Waals surface area contributed by atoms with Gasteiger partial charge >= 0.3 is 0 Å². The SMILES string of the molecule is CCN(CC)C1CCN(C(=NC)NCCc2ccc(F)cc2F)C1. The van der Waals surface area contributed by atoms with Crippen LogP contribution in [0.4, 0.5) is 8.78 Å². The largest absolute Gasteiger partial charge is 0.356 e. The van der Waals surface area contributed by atoms with E-state index in [0.717, 1.165) is 44.6 Å². The van der Waals surface area contributed by atoms with Crippen molar-refractivity contribution in [1.82, 2.24) is 15.1 Å². The number of rotatable bonds is 6. The Balaban J connectivity index is 1.85. The molecule has 0 saturated carbocycles. The van der Waals surface area contributed by atoms with Crippen LogP contribution in [0.15, 0.2) is 23.2 Å². The second-order valence-electron chi connectivity index (χ2n) is 6.07. The Morgan fingerprint density at radius 2 is 2.08 bits per heavy atom. The van der Waals surface area contributed by atoms with Gasteiger partial charge in [-0.3, -0.25) is 9.89 Å². The molecule has 0 aliphatic carbocycles. The van der Waals surface area contributed by atoms with E-state index in [1.165, 1.54) is 12.1 Å². The van der Waals surface area contributed by atoms with Gasteiger partial charge in [-0.05, 0) is 37.6 Å². The van der Waals surface area contributed by atoms with Crippen molar-refractivity contribution < 1.29 is 8.78 Å². The first-order valence-corrected chi connectivity index (χ1v) is 8.72. The van der Waals surface area contributed by atoms with Gasteiger partial charge in [-0.15, -0.1) is 0 Å². The minimum atomic E-state index is -0.542. The molecule has 1 aliphatic heterocycles. The zero-order valence-electron chi connectivity index (χ0n) is 14.9. The van der Waals surface area contributed by atoms with Crippen molar-refractivity contribution in [2.24, 2.45) is 4.99 Å². The van der Waals surface area contributed by atoms with Crippen molar-refractivity contribution in [2.45, 2.75) is 32.7 Å². The number of hydrogen-bond acceptors (Lipinski definition) is 2. The molecule has 24 heavy (non-hydrogen) atoms. The van der Waals surface area contributed by atoms with Gasteiger partial charge in [0, 0.05) is 38.8 Å². The van der Waals surface area contributed by atoms with Crippen LogP contribution in [0.5, 0.6) is 0 Å². The summed E-state index contributed by atoms with van der Waals surface area (Å²) in [6.45, 7) is 9.02. The lowest BCUT2D eigenvalue weighted by molar-refractivity contribution is 0.223. The topological polar surface area (TPSA) is 30.9 Å². The Morgan fingerprint density at radius 1 is 1.33 bits per heavy atom. The second-order valence-corrected chi connectivity index (χ2v) is 6.07. The predicted octanol–water partition coefficient (Wildman–Crippen LogP) is 2.50. The fraction of sp³-hybridized carbons (Fsp3) is 0.611. The number of aliphatic imine (C=N–C) groups is 1. The zero-order valence-corrected chi connectivity index (χ0v) is 14.9. The normalized spacial score (nSPS) is 18.5. The molecule has 134 valence electrons. The quantitative estimate of drug-likeness (QED) is 0.639. The number of benzene rings is 1. The molecule has 1 saturated heterocycles. The van der Waals surface area contributed by atoms with Crippen molar-refractivity contribution in [3.05, 3.63) is 35.4 Å². The molecule has 2 rings (SSSR count). The molecule has 0 bridgehead atoms. The van der Waals surface area contributed by atoms with Crippen molar-refractivity contribution in [2.75, 3.05) is 39.8 Å². The summed E-state index contributed by atoms with van der Waals surface area (Å²) in [5.74, 6) is -0.179. The highest BCUT2D eigenvalue weighted by atomic mass is 19.1. The average molecular weight is 338 g/mol. The smallest absolute Gasteiger partial charge is 0.193 e. The monoisotopic (exact) mass is 338 g/mol. The Labute approximate surface area is 143 Å². The molecule has 1 atom stereocenters. The van der Waals surface area contributed by atoms with E-state index in [-0.39, 0.29) is 0 Å². The lowest BCUT2D eigenvalue weighted by Gasteiger charge is -2.27. The molecule has 1 fully saturated rings. The third-order valence-electron chi connectivity index (χ3n) is 4.70. The number of halogens is 2. The van der Waals surface area contributed by atoms with Crippen molar-refractivity contribution in [3.63, 3.8) is 0 Å². The van der Waals surface area contributed by atoms with Crippen molar-refractivity contribution in [3.8, 4) is 0 Å². The Morgan fingerprint density at radius 3 is 2.71 bits per heavy atom. The van der Waals surface area contributed by atoms with E-state index < -0.39 is 11.6 Å². The molecular weight excluding hydrogens is 310 g/mol. The molecule has 1 aliphatic rings. The highest BCUT2D eigenvalue weighted by Crippen LogP contribution is 2.15. The van der Waals surface area contributed by atoms with Crippen LogP contribution in [0.2, 0.25) is 0 Å². The number of likely N-dealkylation sites (N-methyl/N-ethyl adjacent to an activating group) is 1. The van der Waals surface area contributed by atoms with E-state index >= 15 is 0 Å². The van der Waals surface area contributed by atoms with Gasteiger partial charge in [0.1, 0.15) is 11.6 Å². The van der Waals surface area contributed by atoms with Crippen LogP contribution in [0.1, 0.15) is 25.8 Å². The second kappa shape index (κ2) is 8.97. The maximum atomic E-state index is 13.7. The van der Waals surface area contributed by atoms with Gasteiger partial charge in [0.25, 0.3) is 0 Å². The molecule has 0 aromatic heterocycles. The molecule has 0 amide bonds. The Bertz CT molecular complexity index is 558. The van der Waals surface area contributed by atoms with Gasteiger partial charge in [-0.2, -0.15) is 0 Å². The number of likely N-dealkylation sites (tertiary alicyclic amines) is 1. The van der Waals surface area contributed by atoms with Gasteiger partial charge in [-0.1, -0.05) is 19.9 Å². The summed E-state index contributed by atoms with van der Waals surface area (Å²) < 4.78 is 26.6. The molecule has 1 aromatic rings. The summed E-state index contributed by atoms with van der Waals surface area (Å²) in [6.07, 6.45) is 1.63. The molecule has 1 unspecified atom stereocenters. The van der Waals surface area contributed by atoms with E-state index in [0.29, 0.717) is 24.6 Å². The van der Waals surface area contributed by atoms with Gasteiger partial charge in [0.05, 0.1) is 0 Å². The third-order valence-corrected chi connectivity index (χ3v) is 4.70. The van der Waals surface area contributed by atoms with Crippen LogP contribution in [0, 0.1) is 11.6 Å². The summed E-state index contributed by atoms with van der Waals surface area (Å²) in [4.78, 5) is 9.07. The Hall–Kier alpha value is -1.69. The van der Waals surface area contributed by atoms with Crippen LogP contribution in [0.3, 0.4) is 0 Å². The van der Waals surface area contributed by atoms with Crippen molar-refractivity contribution in [1.29, 1.82) is 0 Å². The predicted molar refractivity (Wildman–Crippen MR) is 94.3 cm³/mol. The summed E-state index contributed by atoms with van der Waals surface area (Å²) in [5, 5.41) is 3.29.